The average molecular weight is 449 g/mol. The summed E-state index contributed by atoms with van der Waals surface area (Å²) >= 11 is 0. The van der Waals surface area contributed by atoms with Crippen molar-refractivity contribution in [1.29, 1.82) is 5.26 Å². The van der Waals surface area contributed by atoms with E-state index in [0.29, 0.717) is 12.5 Å². The predicted octanol–water partition coefficient (Wildman–Crippen LogP) is 0.902. The summed E-state index contributed by atoms with van der Waals surface area (Å²) in [6.45, 7) is 8.40. The lowest BCUT2D eigenvalue weighted by molar-refractivity contribution is 0.496. The van der Waals surface area contributed by atoms with Gasteiger partial charge in [-0.1, -0.05) is 12.0 Å². The van der Waals surface area contributed by atoms with E-state index in [2.05, 4.69) is 28.5 Å². The van der Waals surface area contributed by atoms with Crippen LogP contribution in [-0.4, -0.2) is 44.5 Å². The first-order chi connectivity index (χ1) is 15.9. The SMILES string of the molecule is C=N/C(Cn1c(=O)c2c(nc(N3CCC[C@@H](N)C3)n2CC#CC)n(C)c1=O)=C(C#N)\C=C/C. The largest absolute Gasteiger partial charge is 0.341 e. The van der Waals surface area contributed by atoms with Gasteiger partial charge in [-0.2, -0.15) is 10.2 Å². The molecule has 33 heavy (non-hydrogen) atoms. The minimum Gasteiger partial charge on any atom is -0.341 e. The Kier molecular flexibility index (Phi) is 7.31. The van der Waals surface area contributed by atoms with Crippen molar-refractivity contribution in [2.24, 2.45) is 17.8 Å². The summed E-state index contributed by atoms with van der Waals surface area (Å²) in [5.74, 6) is 6.42. The lowest BCUT2D eigenvalue weighted by Gasteiger charge is -2.31. The van der Waals surface area contributed by atoms with Crippen molar-refractivity contribution in [2.75, 3.05) is 18.0 Å². The van der Waals surface area contributed by atoms with Crippen LogP contribution in [0.5, 0.6) is 0 Å². The quantitative estimate of drug-likeness (QED) is 0.303. The second-order valence-electron chi connectivity index (χ2n) is 7.81. The molecule has 2 aromatic rings. The summed E-state index contributed by atoms with van der Waals surface area (Å²) in [6.07, 6.45) is 5.08. The molecular weight excluding hydrogens is 420 g/mol. The first-order valence-corrected chi connectivity index (χ1v) is 10.7. The van der Waals surface area contributed by atoms with Gasteiger partial charge in [-0.15, -0.1) is 5.92 Å². The Morgan fingerprint density at radius 2 is 2.15 bits per heavy atom. The number of fused-ring (bicyclic) bond motifs is 1. The van der Waals surface area contributed by atoms with E-state index < -0.39 is 11.2 Å². The van der Waals surface area contributed by atoms with Crippen LogP contribution < -0.4 is 21.9 Å². The Balaban J connectivity index is 2.29. The van der Waals surface area contributed by atoms with Crippen LogP contribution in [0.25, 0.3) is 11.2 Å². The van der Waals surface area contributed by atoms with Crippen LogP contribution in [0.3, 0.4) is 0 Å². The van der Waals surface area contributed by atoms with E-state index in [1.807, 2.05) is 11.0 Å². The molecule has 1 atom stereocenters. The minimum absolute atomic E-state index is 0.00660. The van der Waals surface area contributed by atoms with E-state index >= 15 is 0 Å². The molecule has 1 fully saturated rings. The van der Waals surface area contributed by atoms with Crippen LogP contribution in [0.2, 0.25) is 0 Å². The molecule has 0 bridgehead atoms. The van der Waals surface area contributed by atoms with Gasteiger partial charge in [0.15, 0.2) is 11.2 Å². The van der Waals surface area contributed by atoms with Gasteiger partial charge in [0.25, 0.3) is 5.56 Å². The average Bonchev–Trinajstić information content (AvgIpc) is 3.20. The number of allylic oxidation sites excluding steroid dienone is 4. The molecule has 0 unspecified atom stereocenters. The molecule has 0 aliphatic carbocycles. The summed E-state index contributed by atoms with van der Waals surface area (Å²) in [7, 11) is 1.57. The van der Waals surface area contributed by atoms with E-state index in [1.165, 1.54) is 4.57 Å². The summed E-state index contributed by atoms with van der Waals surface area (Å²) in [5.41, 5.74) is 6.10. The van der Waals surface area contributed by atoms with Crippen LogP contribution in [0, 0.1) is 23.2 Å². The number of hydrogen-bond acceptors (Lipinski definition) is 7. The fraction of sp³-hybridized carbons (Fsp3) is 0.435. The number of aryl methyl sites for hydroxylation is 1. The zero-order valence-corrected chi connectivity index (χ0v) is 19.2. The molecule has 2 aromatic heterocycles. The molecule has 0 aromatic carbocycles. The highest BCUT2D eigenvalue weighted by Gasteiger charge is 2.26. The number of hydrogen-bond donors (Lipinski definition) is 1. The number of rotatable bonds is 6. The zero-order valence-electron chi connectivity index (χ0n) is 19.2. The van der Waals surface area contributed by atoms with Crippen molar-refractivity contribution in [3.63, 3.8) is 0 Å². The fourth-order valence-corrected chi connectivity index (χ4v) is 3.98. The van der Waals surface area contributed by atoms with Crippen molar-refractivity contribution in [1.82, 2.24) is 18.7 Å². The molecular formula is C23H28N8O2. The molecule has 0 radical (unpaired) electrons. The zero-order chi connectivity index (χ0) is 24.1. The monoisotopic (exact) mass is 448 g/mol. The van der Waals surface area contributed by atoms with Crippen LogP contribution >= 0.6 is 0 Å². The van der Waals surface area contributed by atoms with Crippen molar-refractivity contribution in [2.45, 2.75) is 45.8 Å². The molecule has 1 saturated heterocycles. The lowest BCUT2D eigenvalue weighted by atomic mass is 10.1. The van der Waals surface area contributed by atoms with Crippen LogP contribution in [0.1, 0.15) is 26.7 Å². The Hall–Kier alpha value is -3.89. The van der Waals surface area contributed by atoms with Gasteiger partial charge in [0, 0.05) is 26.2 Å². The molecule has 2 N–H and O–H groups in total. The highest BCUT2D eigenvalue weighted by molar-refractivity contribution is 5.75. The van der Waals surface area contributed by atoms with Gasteiger partial charge in [-0.25, -0.2) is 4.79 Å². The van der Waals surface area contributed by atoms with Gasteiger partial charge in [-0.05, 0) is 39.5 Å². The maximum Gasteiger partial charge on any atom is 0.332 e. The number of piperidine rings is 1. The number of nitriles is 1. The Labute approximate surface area is 192 Å². The molecule has 0 saturated carbocycles. The Morgan fingerprint density at radius 3 is 2.76 bits per heavy atom. The molecule has 1 aliphatic heterocycles. The normalized spacial score (nSPS) is 16.9. The van der Waals surface area contributed by atoms with E-state index in [0.717, 1.165) is 24.0 Å². The number of aromatic nitrogens is 4. The summed E-state index contributed by atoms with van der Waals surface area (Å²) in [6, 6.07) is 2.04. The first-order valence-electron chi connectivity index (χ1n) is 10.7. The van der Waals surface area contributed by atoms with Gasteiger partial charge >= 0.3 is 5.69 Å². The number of nitrogens with two attached hydrogens (primary N) is 1. The third-order valence-corrected chi connectivity index (χ3v) is 5.63. The molecule has 0 spiro atoms. The highest BCUT2D eigenvalue weighted by Crippen LogP contribution is 2.23. The second-order valence-corrected chi connectivity index (χ2v) is 7.81. The number of imidazole rings is 1. The Bertz CT molecular complexity index is 1350. The van der Waals surface area contributed by atoms with Crippen LogP contribution in [0.15, 0.2) is 38.0 Å². The third kappa shape index (κ3) is 4.52. The molecule has 3 heterocycles. The number of aliphatic imine (C=N–C) groups is 1. The van der Waals surface area contributed by atoms with E-state index in [-0.39, 0.29) is 41.6 Å². The van der Waals surface area contributed by atoms with Crippen molar-refractivity contribution in [3.8, 4) is 17.9 Å². The molecule has 1 aliphatic rings. The minimum atomic E-state index is -0.556. The van der Waals surface area contributed by atoms with Crippen molar-refractivity contribution in [3.05, 3.63) is 44.3 Å². The van der Waals surface area contributed by atoms with Gasteiger partial charge < -0.3 is 10.6 Å². The molecule has 0 amide bonds. The Morgan fingerprint density at radius 1 is 1.39 bits per heavy atom. The smallest absolute Gasteiger partial charge is 0.332 e. The topological polar surface area (TPSA) is 127 Å². The molecule has 10 heteroatoms. The summed E-state index contributed by atoms with van der Waals surface area (Å²) in [5, 5.41) is 9.45. The standard InChI is InChI=1S/C23H28N8O2/c1-5-7-12-30-19-20(27-22(30)29-11-8-10-17(25)14-29)28(4)23(33)31(21(19)32)15-18(26-3)16(13-24)9-6-2/h6,9,17H,3,8,10-12,14-15,25H2,1-2,4H3/b9-6-,18-16+/t17-/m1/s1. The van der Waals surface area contributed by atoms with E-state index in [4.69, 9.17) is 5.73 Å². The van der Waals surface area contributed by atoms with Crippen LogP contribution in [-0.2, 0) is 20.1 Å². The highest BCUT2D eigenvalue weighted by atomic mass is 16.2. The van der Waals surface area contributed by atoms with Gasteiger partial charge in [0.2, 0.25) is 5.95 Å². The summed E-state index contributed by atoms with van der Waals surface area (Å²) < 4.78 is 4.13. The number of nitrogens with zero attached hydrogens (tertiary/aromatic N) is 7. The van der Waals surface area contributed by atoms with Gasteiger partial charge in [0.05, 0.1) is 24.4 Å². The molecule has 3 rings (SSSR count). The summed E-state index contributed by atoms with van der Waals surface area (Å²) in [4.78, 5) is 37.3. The van der Waals surface area contributed by atoms with Gasteiger partial charge in [0.1, 0.15) is 6.07 Å². The maximum absolute atomic E-state index is 13.6. The predicted molar refractivity (Wildman–Crippen MR) is 129 cm³/mol. The molecule has 10 nitrogen and oxygen atoms in total. The maximum atomic E-state index is 13.6. The lowest BCUT2D eigenvalue weighted by Crippen LogP contribution is -2.44. The second kappa shape index (κ2) is 10.2. The first kappa shape index (κ1) is 23.8. The third-order valence-electron chi connectivity index (χ3n) is 5.63. The van der Waals surface area contributed by atoms with E-state index in [1.54, 1.807) is 37.6 Å². The van der Waals surface area contributed by atoms with Gasteiger partial charge in [-0.3, -0.25) is 23.5 Å². The molecule has 172 valence electrons. The van der Waals surface area contributed by atoms with E-state index in [9.17, 15) is 14.9 Å². The van der Waals surface area contributed by atoms with Crippen LogP contribution in [0.4, 0.5) is 5.95 Å². The van der Waals surface area contributed by atoms with Crippen molar-refractivity contribution >= 4 is 23.8 Å². The number of anilines is 1. The fourth-order valence-electron chi connectivity index (χ4n) is 3.98. The van der Waals surface area contributed by atoms with Crippen molar-refractivity contribution < 1.29 is 0 Å².